The summed E-state index contributed by atoms with van der Waals surface area (Å²) in [6.07, 6.45) is 0.216. The Morgan fingerprint density at radius 1 is 1.33 bits per heavy atom. The molecule has 0 atom stereocenters. The molecule has 0 unspecified atom stereocenters. The van der Waals surface area contributed by atoms with Gasteiger partial charge in [0.25, 0.3) is 0 Å². The van der Waals surface area contributed by atoms with Crippen molar-refractivity contribution >= 4 is 44.5 Å². The van der Waals surface area contributed by atoms with Gasteiger partial charge in [-0.25, -0.2) is 9.37 Å². The number of halogens is 2. The van der Waals surface area contributed by atoms with Crippen LogP contribution >= 0.6 is 38.6 Å². The number of thiophene rings is 1. The molecule has 3 aromatic rings. The van der Waals surface area contributed by atoms with Gasteiger partial charge in [0.1, 0.15) is 10.8 Å². The van der Waals surface area contributed by atoms with E-state index >= 15 is 0 Å². The second-order valence-electron chi connectivity index (χ2n) is 5.28. The Hall–Kier alpha value is -1.57. The molecule has 0 saturated heterocycles. The molecular weight excluding hydrogens is 411 g/mol. The number of hydrogen-bond donors (Lipinski definition) is 0. The molecule has 2 aromatic heterocycles. The van der Waals surface area contributed by atoms with E-state index in [0.717, 1.165) is 20.1 Å². The van der Waals surface area contributed by atoms with Crippen LogP contribution in [0.3, 0.4) is 0 Å². The van der Waals surface area contributed by atoms with Gasteiger partial charge in [-0.05, 0) is 29.6 Å². The molecule has 124 valence electrons. The van der Waals surface area contributed by atoms with Gasteiger partial charge in [-0.15, -0.1) is 22.7 Å². The van der Waals surface area contributed by atoms with Gasteiger partial charge in [-0.3, -0.25) is 4.79 Å². The van der Waals surface area contributed by atoms with Gasteiger partial charge in [0.15, 0.2) is 0 Å². The molecule has 0 N–H and O–H groups in total. The van der Waals surface area contributed by atoms with Gasteiger partial charge in [-0.2, -0.15) is 0 Å². The quantitative estimate of drug-likeness (QED) is 0.578. The van der Waals surface area contributed by atoms with Crippen LogP contribution in [0.4, 0.5) is 4.39 Å². The summed E-state index contributed by atoms with van der Waals surface area (Å²) in [5.74, 6) is -0.399. The van der Waals surface area contributed by atoms with E-state index in [1.165, 1.54) is 22.3 Å². The summed E-state index contributed by atoms with van der Waals surface area (Å²) in [4.78, 5) is 19.5. The number of nitrogens with zero attached hydrogens (tertiary/aromatic N) is 2. The summed E-state index contributed by atoms with van der Waals surface area (Å²) in [7, 11) is 1.68. The number of hydrogen-bond acceptors (Lipinski definition) is 4. The average molecular weight is 425 g/mol. The fourth-order valence-corrected chi connectivity index (χ4v) is 4.24. The number of thiazole rings is 1. The minimum atomic E-state index is -0.313. The first kappa shape index (κ1) is 17.3. The van der Waals surface area contributed by atoms with Crippen molar-refractivity contribution in [3.05, 3.63) is 62.6 Å². The lowest BCUT2D eigenvalue weighted by Gasteiger charge is -2.17. The summed E-state index contributed by atoms with van der Waals surface area (Å²) in [5.41, 5.74) is 1.23. The first-order valence-electron chi connectivity index (χ1n) is 7.19. The van der Waals surface area contributed by atoms with E-state index in [9.17, 15) is 9.18 Å². The SMILES string of the molecule is CN(Cc1cc(Br)ccc1F)C(=O)Cc1csc(-c2cccs2)n1. The molecule has 0 bridgehead atoms. The molecule has 0 aliphatic carbocycles. The third-order valence-electron chi connectivity index (χ3n) is 3.46. The molecule has 24 heavy (non-hydrogen) atoms. The molecule has 0 saturated carbocycles. The lowest BCUT2D eigenvalue weighted by Crippen LogP contribution is -2.28. The number of carbonyl (C=O) groups excluding carboxylic acids is 1. The van der Waals surface area contributed by atoms with Gasteiger partial charge in [-0.1, -0.05) is 22.0 Å². The van der Waals surface area contributed by atoms with Gasteiger partial charge in [0.2, 0.25) is 5.91 Å². The first-order valence-corrected chi connectivity index (χ1v) is 9.74. The van der Waals surface area contributed by atoms with Crippen LogP contribution in [0.2, 0.25) is 0 Å². The molecule has 3 rings (SSSR count). The predicted octanol–water partition coefficient (Wildman–Crippen LogP) is 4.97. The second-order valence-corrected chi connectivity index (χ2v) is 8.01. The van der Waals surface area contributed by atoms with Crippen molar-refractivity contribution in [3.8, 4) is 9.88 Å². The lowest BCUT2D eigenvalue weighted by atomic mass is 10.2. The molecule has 3 nitrogen and oxygen atoms in total. The van der Waals surface area contributed by atoms with E-state index in [4.69, 9.17) is 0 Å². The summed E-state index contributed by atoms with van der Waals surface area (Å²) in [6, 6.07) is 8.72. The zero-order valence-corrected chi connectivity index (χ0v) is 16.0. The van der Waals surface area contributed by atoms with E-state index in [-0.39, 0.29) is 24.7 Å². The van der Waals surface area contributed by atoms with Crippen LogP contribution in [-0.2, 0) is 17.8 Å². The smallest absolute Gasteiger partial charge is 0.228 e. The van der Waals surface area contributed by atoms with Crippen molar-refractivity contribution in [2.45, 2.75) is 13.0 Å². The highest BCUT2D eigenvalue weighted by Gasteiger charge is 2.15. The molecule has 0 spiro atoms. The number of likely N-dealkylation sites (N-methyl/N-ethyl adjacent to an activating group) is 1. The summed E-state index contributed by atoms with van der Waals surface area (Å²) in [5, 5.41) is 4.83. The van der Waals surface area contributed by atoms with Crippen molar-refractivity contribution in [1.82, 2.24) is 9.88 Å². The molecular formula is C17H14BrFN2OS2. The second kappa shape index (κ2) is 7.55. The van der Waals surface area contributed by atoms with E-state index in [0.29, 0.717) is 5.56 Å². The normalized spacial score (nSPS) is 10.8. The van der Waals surface area contributed by atoms with E-state index in [1.807, 2.05) is 22.9 Å². The first-order chi connectivity index (χ1) is 11.5. The Kier molecular flexibility index (Phi) is 5.43. The molecule has 0 radical (unpaired) electrons. The standard InChI is InChI=1S/C17H14BrFN2OS2/c1-21(9-11-7-12(18)4-5-14(11)19)16(22)8-13-10-24-17(20-13)15-3-2-6-23-15/h2-7,10H,8-9H2,1H3. The topological polar surface area (TPSA) is 33.2 Å². The highest BCUT2D eigenvalue weighted by molar-refractivity contribution is 9.10. The Morgan fingerprint density at radius 3 is 2.92 bits per heavy atom. The maximum absolute atomic E-state index is 13.8. The number of amides is 1. The van der Waals surface area contributed by atoms with Crippen molar-refractivity contribution in [2.75, 3.05) is 7.05 Å². The maximum Gasteiger partial charge on any atom is 0.228 e. The summed E-state index contributed by atoms with van der Waals surface area (Å²) in [6.45, 7) is 0.228. The Morgan fingerprint density at radius 2 is 2.17 bits per heavy atom. The van der Waals surface area contributed by atoms with Gasteiger partial charge in [0, 0.05) is 29.0 Å². The molecule has 0 fully saturated rings. The summed E-state index contributed by atoms with van der Waals surface area (Å²) < 4.78 is 14.6. The van der Waals surface area contributed by atoms with Crippen LogP contribution in [0, 0.1) is 5.82 Å². The number of aromatic nitrogens is 1. The van der Waals surface area contributed by atoms with E-state index < -0.39 is 0 Å². The van der Waals surface area contributed by atoms with Crippen molar-refractivity contribution in [3.63, 3.8) is 0 Å². The fraction of sp³-hybridized carbons (Fsp3) is 0.176. The Balaban J connectivity index is 1.65. The van der Waals surface area contributed by atoms with Crippen LogP contribution in [0.15, 0.2) is 45.6 Å². The third kappa shape index (κ3) is 4.09. The molecule has 1 aromatic carbocycles. The van der Waals surface area contributed by atoms with Gasteiger partial charge in [0.05, 0.1) is 17.0 Å². The van der Waals surface area contributed by atoms with Crippen molar-refractivity contribution in [1.29, 1.82) is 0 Å². The average Bonchev–Trinajstić information content (AvgIpc) is 3.21. The highest BCUT2D eigenvalue weighted by Crippen LogP contribution is 2.28. The van der Waals surface area contributed by atoms with Crippen LogP contribution in [0.1, 0.15) is 11.3 Å². The van der Waals surface area contributed by atoms with Crippen LogP contribution < -0.4 is 0 Å². The predicted molar refractivity (Wildman–Crippen MR) is 99.7 cm³/mol. The minimum Gasteiger partial charge on any atom is -0.341 e. The lowest BCUT2D eigenvalue weighted by molar-refractivity contribution is -0.129. The number of rotatable bonds is 5. The van der Waals surface area contributed by atoms with Crippen molar-refractivity contribution < 1.29 is 9.18 Å². The third-order valence-corrected chi connectivity index (χ3v) is 5.88. The van der Waals surface area contributed by atoms with Crippen LogP contribution in [0.5, 0.6) is 0 Å². The van der Waals surface area contributed by atoms with Crippen LogP contribution in [-0.4, -0.2) is 22.8 Å². The summed E-state index contributed by atoms with van der Waals surface area (Å²) >= 11 is 6.48. The number of carbonyl (C=O) groups is 1. The number of benzene rings is 1. The molecule has 0 aliphatic rings. The van der Waals surface area contributed by atoms with E-state index in [2.05, 4.69) is 20.9 Å². The van der Waals surface area contributed by atoms with E-state index in [1.54, 1.807) is 30.5 Å². The van der Waals surface area contributed by atoms with Crippen molar-refractivity contribution in [2.24, 2.45) is 0 Å². The largest absolute Gasteiger partial charge is 0.341 e. The van der Waals surface area contributed by atoms with Gasteiger partial charge < -0.3 is 4.90 Å². The fourth-order valence-electron chi connectivity index (χ4n) is 2.20. The Labute approximate surface area is 155 Å². The Bertz CT molecular complexity index is 848. The maximum atomic E-state index is 13.8. The monoisotopic (exact) mass is 424 g/mol. The molecule has 2 heterocycles. The molecule has 7 heteroatoms. The van der Waals surface area contributed by atoms with Gasteiger partial charge >= 0.3 is 0 Å². The zero-order valence-electron chi connectivity index (χ0n) is 12.8. The minimum absolute atomic E-state index is 0.0857. The molecule has 0 aliphatic heterocycles. The zero-order chi connectivity index (χ0) is 17.1. The van der Waals surface area contributed by atoms with Crippen LogP contribution in [0.25, 0.3) is 9.88 Å². The molecule has 1 amide bonds. The highest BCUT2D eigenvalue weighted by atomic mass is 79.9.